The maximum Gasteiger partial charge on any atom is 0.330 e. The lowest BCUT2D eigenvalue weighted by Gasteiger charge is -2.10. The molecule has 0 amide bonds. The number of carbonyl (C=O) groups excluding carboxylic acids is 1. The van der Waals surface area contributed by atoms with E-state index in [1.165, 1.54) is 20.3 Å². The fourth-order valence-electron chi connectivity index (χ4n) is 1.40. The quantitative estimate of drug-likeness (QED) is 0.235. The summed E-state index contributed by atoms with van der Waals surface area (Å²) < 4.78 is 14.9. The molecule has 8 nitrogen and oxygen atoms in total. The van der Waals surface area contributed by atoms with Crippen LogP contribution in [0.5, 0.6) is 11.5 Å². The van der Waals surface area contributed by atoms with Crippen LogP contribution >= 0.6 is 0 Å². The predicted molar refractivity (Wildman–Crippen MR) is 72.5 cm³/mol. The molecule has 8 heteroatoms. The van der Waals surface area contributed by atoms with Crippen LogP contribution in [0.15, 0.2) is 24.3 Å². The van der Waals surface area contributed by atoms with Gasteiger partial charge in [-0.15, -0.1) is 10.1 Å². The minimum atomic E-state index is -0.888. The Hall–Kier alpha value is -2.77. The second-order valence-corrected chi connectivity index (χ2v) is 3.67. The van der Waals surface area contributed by atoms with Gasteiger partial charge in [0.2, 0.25) is 0 Å². The Labute approximate surface area is 121 Å². The molecule has 0 N–H and O–H groups in total. The Morgan fingerprint density at radius 1 is 1.29 bits per heavy atom. The van der Waals surface area contributed by atoms with E-state index in [1.54, 1.807) is 24.3 Å². The normalized spacial score (nSPS) is 10.2. The predicted octanol–water partition coefficient (Wildman–Crippen LogP) is 1.47. The van der Waals surface area contributed by atoms with Gasteiger partial charge in [0, 0.05) is 6.08 Å². The number of nitrogens with zero attached hydrogens (tertiary/aromatic N) is 1. The van der Waals surface area contributed by atoms with Crippen LogP contribution in [0.4, 0.5) is 0 Å². The minimum absolute atomic E-state index is 0.00862. The highest BCUT2D eigenvalue weighted by Gasteiger charge is 2.05. The lowest BCUT2D eigenvalue weighted by molar-refractivity contribution is -0.757. The van der Waals surface area contributed by atoms with Gasteiger partial charge in [-0.05, 0) is 23.8 Å². The van der Waals surface area contributed by atoms with Crippen molar-refractivity contribution in [1.29, 1.82) is 0 Å². The topological polar surface area (TPSA) is 97.1 Å². The molecule has 0 aromatic heterocycles. The van der Waals surface area contributed by atoms with Crippen molar-refractivity contribution >= 4 is 12.0 Å². The third-order valence-corrected chi connectivity index (χ3v) is 2.34. The monoisotopic (exact) mass is 297 g/mol. The van der Waals surface area contributed by atoms with Crippen molar-refractivity contribution in [3.8, 4) is 11.5 Å². The Kier molecular flexibility index (Phi) is 6.52. The molecule has 21 heavy (non-hydrogen) atoms. The standard InChI is InChI=1S/C13H15NO7/c1-18-12-9-10(4-6-13(15)19-2)3-5-11(12)20-7-8-21-14(16)17/h3-6,9H,7-8H2,1-2H3. The van der Waals surface area contributed by atoms with Crippen LogP contribution in [0.3, 0.4) is 0 Å². The van der Waals surface area contributed by atoms with Gasteiger partial charge in [0.15, 0.2) is 11.5 Å². The minimum Gasteiger partial charge on any atom is -0.493 e. The zero-order valence-electron chi connectivity index (χ0n) is 11.6. The first kappa shape index (κ1) is 16.3. The SMILES string of the molecule is COC(=O)C=Cc1ccc(OCCO[N+](=O)[O-])c(OC)c1. The molecule has 0 radical (unpaired) electrons. The summed E-state index contributed by atoms with van der Waals surface area (Å²) in [6.45, 7) is -0.172. The van der Waals surface area contributed by atoms with E-state index < -0.39 is 11.1 Å². The van der Waals surface area contributed by atoms with Crippen LogP contribution in [0.25, 0.3) is 6.08 Å². The Balaban J connectivity index is 2.68. The van der Waals surface area contributed by atoms with Crippen molar-refractivity contribution in [3.63, 3.8) is 0 Å². The summed E-state index contributed by atoms with van der Waals surface area (Å²) in [5.74, 6) is 0.383. The summed E-state index contributed by atoms with van der Waals surface area (Å²) in [6, 6.07) is 4.98. The Morgan fingerprint density at radius 3 is 2.67 bits per heavy atom. The number of rotatable bonds is 8. The summed E-state index contributed by atoms with van der Waals surface area (Å²) in [4.78, 5) is 25.1. The van der Waals surface area contributed by atoms with Gasteiger partial charge >= 0.3 is 5.97 Å². The molecular weight excluding hydrogens is 282 g/mol. The van der Waals surface area contributed by atoms with Gasteiger partial charge in [0.05, 0.1) is 14.2 Å². The first-order valence-corrected chi connectivity index (χ1v) is 5.91. The number of carbonyl (C=O) groups is 1. The highest BCUT2D eigenvalue weighted by molar-refractivity contribution is 5.87. The smallest absolute Gasteiger partial charge is 0.330 e. The molecule has 1 aromatic carbocycles. The number of methoxy groups -OCH3 is 2. The van der Waals surface area contributed by atoms with E-state index in [2.05, 4.69) is 9.57 Å². The maximum absolute atomic E-state index is 11.0. The zero-order valence-corrected chi connectivity index (χ0v) is 11.6. The lowest BCUT2D eigenvalue weighted by Crippen LogP contribution is -2.10. The van der Waals surface area contributed by atoms with Gasteiger partial charge in [-0.2, -0.15) is 0 Å². The highest BCUT2D eigenvalue weighted by atomic mass is 17.0. The lowest BCUT2D eigenvalue weighted by atomic mass is 10.2. The van der Waals surface area contributed by atoms with E-state index in [9.17, 15) is 14.9 Å². The Morgan fingerprint density at radius 2 is 2.05 bits per heavy atom. The summed E-state index contributed by atoms with van der Waals surface area (Å²) in [7, 11) is 2.75. The zero-order chi connectivity index (χ0) is 15.7. The van der Waals surface area contributed by atoms with Gasteiger partial charge in [-0.3, -0.25) is 0 Å². The molecule has 1 rings (SSSR count). The fraction of sp³-hybridized carbons (Fsp3) is 0.308. The molecule has 0 spiro atoms. The van der Waals surface area contributed by atoms with E-state index in [0.717, 1.165) is 0 Å². The molecule has 0 aliphatic rings. The average molecular weight is 297 g/mol. The largest absolute Gasteiger partial charge is 0.493 e. The molecule has 0 atom stereocenters. The van der Waals surface area contributed by atoms with E-state index in [4.69, 9.17) is 9.47 Å². The molecule has 114 valence electrons. The first-order valence-electron chi connectivity index (χ1n) is 5.91. The van der Waals surface area contributed by atoms with Gasteiger partial charge < -0.3 is 19.0 Å². The molecule has 0 bridgehead atoms. The third-order valence-electron chi connectivity index (χ3n) is 2.34. The van der Waals surface area contributed by atoms with Crippen LogP contribution in [0.2, 0.25) is 0 Å². The molecule has 0 aliphatic heterocycles. The van der Waals surface area contributed by atoms with Crippen molar-refractivity contribution in [1.82, 2.24) is 0 Å². The number of hydrogen-bond acceptors (Lipinski definition) is 7. The average Bonchev–Trinajstić information content (AvgIpc) is 2.49. The molecule has 0 saturated carbocycles. The summed E-state index contributed by atoms with van der Waals surface area (Å²) in [6.07, 6.45) is 2.84. The van der Waals surface area contributed by atoms with Crippen molar-refractivity contribution < 1.29 is 28.9 Å². The van der Waals surface area contributed by atoms with Crippen molar-refractivity contribution in [2.24, 2.45) is 0 Å². The summed E-state index contributed by atoms with van der Waals surface area (Å²) in [5.41, 5.74) is 0.714. The molecular formula is C13H15NO7. The van der Waals surface area contributed by atoms with Gasteiger partial charge in [-0.25, -0.2) is 4.79 Å². The van der Waals surface area contributed by atoms with Crippen molar-refractivity contribution in [2.75, 3.05) is 27.4 Å². The van der Waals surface area contributed by atoms with Crippen molar-refractivity contribution in [3.05, 3.63) is 40.0 Å². The van der Waals surface area contributed by atoms with E-state index in [0.29, 0.717) is 17.1 Å². The highest BCUT2D eigenvalue weighted by Crippen LogP contribution is 2.28. The third kappa shape index (κ3) is 5.81. The first-order chi connectivity index (χ1) is 10.1. The van der Waals surface area contributed by atoms with E-state index >= 15 is 0 Å². The number of esters is 1. The van der Waals surface area contributed by atoms with Gasteiger partial charge in [0.1, 0.15) is 13.2 Å². The molecule has 1 aromatic rings. The van der Waals surface area contributed by atoms with Crippen LogP contribution < -0.4 is 9.47 Å². The number of ether oxygens (including phenoxy) is 3. The van der Waals surface area contributed by atoms with Gasteiger partial charge in [-0.1, -0.05) is 6.07 Å². The molecule has 0 unspecified atom stereocenters. The number of hydrogen-bond donors (Lipinski definition) is 0. The van der Waals surface area contributed by atoms with Crippen LogP contribution in [0, 0.1) is 10.1 Å². The second kappa shape index (κ2) is 8.41. The van der Waals surface area contributed by atoms with Crippen LogP contribution in [0.1, 0.15) is 5.56 Å². The molecule has 0 fully saturated rings. The second-order valence-electron chi connectivity index (χ2n) is 3.67. The molecule has 0 aliphatic carbocycles. The van der Waals surface area contributed by atoms with E-state index in [1.807, 2.05) is 0 Å². The molecule has 0 saturated heterocycles. The summed E-state index contributed by atoms with van der Waals surface area (Å²) in [5, 5.41) is 9.10. The van der Waals surface area contributed by atoms with Crippen molar-refractivity contribution in [2.45, 2.75) is 0 Å². The fourth-order valence-corrected chi connectivity index (χ4v) is 1.40. The summed E-state index contributed by atoms with van der Waals surface area (Å²) >= 11 is 0. The van der Waals surface area contributed by atoms with Crippen LogP contribution in [-0.2, 0) is 14.4 Å². The maximum atomic E-state index is 11.0. The van der Waals surface area contributed by atoms with Gasteiger partial charge in [0.25, 0.3) is 5.09 Å². The van der Waals surface area contributed by atoms with Crippen LogP contribution in [-0.4, -0.2) is 38.5 Å². The van der Waals surface area contributed by atoms with E-state index in [-0.39, 0.29) is 13.2 Å². The number of benzene rings is 1. The Bertz CT molecular complexity index is 527. The molecule has 0 heterocycles.